The molecule has 1 amide bonds. The van der Waals surface area contributed by atoms with E-state index in [0.29, 0.717) is 12.8 Å². The van der Waals surface area contributed by atoms with Crippen LogP contribution in [0.1, 0.15) is 136 Å². The highest BCUT2D eigenvalue weighted by Crippen LogP contribution is 2.43. The Bertz CT molecular complexity index is 880. The highest BCUT2D eigenvalue weighted by Gasteiger charge is 2.28. The third-order valence-corrected chi connectivity index (χ3v) is 7.94. The summed E-state index contributed by atoms with van der Waals surface area (Å²) in [5.74, 6) is -2.41. The third kappa shape index (κ3) is 29.1. The molecule has 0 rings (SSSR count). The van der Waals surface area contributed by atoms with E-state index in [1.165, 1.54) is 38.5 Å². The van der Waals surface area contributed by atoms with Gasteiger partial charge in [0.05, 0.1) is 13.2 Å². The average Bonchev–Trinajstić information content (AvgIpc) is 3.00. The van der Waals surface area contributed by atoms with E-state index >= 15 is 0 Å². The van der Waals surface area contributed by atoms with Crippen LogP contribution in [0.5, 0.6) is 0 Å². The van der Waals surface area contributed by atoms with E-state index < -0.39 is 57.6 Å². The van der Waals surface area contributed by atoms with Gasteiger partial charge < -0.3 is 25.2 Å². The van der Waals surface area contributed by atoms with Gasteiger partial charge in [0, 0.05) is 12.8 Å². The first-order valence-corrected chi connectivity index (χ1v) is 18.4. The van der Waals surface area contributed by atoms with Crippen molar-refractivity contribution in [1.82, 2.24) is 5.32 Å². The Hall–Kier alpha value is -2.04. The van der Waals surface area contributed by atoms with Crippen LogP contribution < -0.4 is 5.32 Å². The number of ether oxygens (including phenoxy) is 1. The van der Waals surface area contributed by atoms with Crippen molar-refractivity contribution < 1.29 is 47.8 Å². The van der Waals surface area contributed by atoms with Gasteiger partial charge >= 0.3 is 19.8 Å². The second-order valence-corrected chi connectivity index (χ2v) is 12.8. The SMILES string of the molecule is CCCCC/C=C\C/C=C\CCCCCCCCCC(=O)NC(COP(=O)(O)OCC(O)COC(=O)CCCCCC)C(=O)O. The molecule has 0 spiro atoms. The van der Waals surface area contributed by atoms with Crippen LogP contribution in [0.4, 0.5) is 0 Å². The number of nitrogens with one attached hydrogen (secondary N) is 1. The zero-order valence-corrected chi connectivity index (χ0v) is 28.6. The van der Waals surface area contributed by atoms with E-state index in [-0.39, 0.29) is 12.8 Å². The summed E-state index contributed by atoms with van der Waals surface area (Å²) in [5, 5.41) is 21.5. The lowest BCUT2D eigenvalue weighted by molar-refractivity contribution is -0.147. The quantitative estimate of drug-likeness (QED) is 0.0259. The van der Waals surface area contributed by atoms with Crippen LogP contribution in [0.2, 0.25) is 0 Å². The number of phosphoric ester groups is 1. The molecule has 0 aromatic carbocycles. The fourth-order valence-electron chi connectivity index (χ4n) is 4.28. The Balaban J connectivity index is 3.99. The number of aliphatic carboxylic acids is 1. The lowest BCUT2D eigenvalue weighted by Crippen LogP contribution is -2.43. The van der Waals surface area contributed by atoms with E-state index in [1.807, 2.05) is 0 Å². The standard InChI is InChI=1S/C33H60NO10P/c1-3-5-7-9-10-11-12-13-14-15-16-17-18-19-20-21-22-24-31(36)34-30(33(38)39)28-44-45(40,41)43-27-29(35)26-42-32(37)25-23-8-6-4-2/h10-11,13-14,29-30,35H,3-9,12,15-28H2,1-2H3,(H,34,36)(H,38,39)(H,40,41)/b11-10-,14-13-. The molecule has 3 unspecified atom stereocenters. The number of hydrogen-bond acceptors (Lipinski definition) is 8. The zero-order valence-electron chi connectivity index (χ0n) is 27.7. The molecule has 0 aliphatic carbocycles. The maximum absolute atomic E-state index is 12.2. The van der Waals surface area contributed by atoms with E-state index in [1.54, 1.807) is 0 Å². The number of aliphatic hydroxyl groups excluding tert-OH is 1. The minimum absolute atomic E-state index is 0.137. The number of esters is 1. The average molecular weight is 662 g/mol. The molecule has 0 aromatic heterocycles. The number of hydrogen-bond donors (Lipinski definition) is 4. The number of carboxylic acids is 1. The van der Waals surface area contributed by atoms with Crippen molar-refractivity contribution in [1.29, 1.82) is 0 Å². The molecule has 0 radical (unpaired) electrons. The summed E-state index contributed by atoms with van der Waals surface area (Å²) in [6.07, 6.45) is 25.7. The van der Waals surface area contributed by atoms with Crippen LogP contribution in [0, 0.1) is 0 Å². The second-order valence-electron chi connectivity index (χ2n) is 11.4. The van der Waals surface area contributed by atoms with Crippen LogP contribution in [0.15, 0.2) is 24.3 Å². The number of carbonyl (C=O) groups excluding carboxylic acids is 2. The van der Waals surface area contributed by atoms with Crippen LogP contribution in [0.25, 0.3) is 0 Å². The first-order chi connectivity index (χ1) is 21.6. The molecule has 11 nitrogen and oxygen atoms in total. The monoisotopic (exact) mass is 661 g/mol. The smallest absolute Gasteiger partial charge is 0.472 e. The molecule has 0 aromatic rings. The minimum atomic E-state index is -4.73. The summed E-state index contributed by atoms with van der Waals surface area (Å²) in [5.41, 5.74) is 0. The van der Waals surface area contributed by atoms with Gasteiger partial charge in [-0.2, -0.15) is 0 Å². The Morgan fingerprint density at radius 2 is 1.22 bits per heavy atom. The highest BCUT2D eigenvalue weighted by atomic mass is 31.2. The van der Waals surface area contributed by atoms with Gasteiger partial charge in [0.1, 0.15) is 12.7 Å². The Labute approximate surface area is 270 Å². The van der Waals surface area contributed by atoms with Gasteiger partial charge in [0.25, 0.3) is 0 Å². The number of aliphatic hydroxyl groups is 1. The van der Waals surface area contributed by atoms with Crippen LogP contribution in [-0.4, -0.2) is 64.9 Å². The van der Waals surface area contributed by atoms with Crippen molar-refractivity contribution in [3.05, 3.63) is 24.3 Å². The number of carbonyl (C=O) groups is 3. The Morgan fingerprint density at radius 3 is 1.84 bits per heavy atom. The molecule has 0 bridgehead atoms. The molecular formula is C33H60NO10P. The lowest BCUT2D eigenvalue weighted by Gasteiger charge is -2.18. The van der Waals surface area contributed by atoms with Crippen LogP contribution in [0.3, 0.4) is 0 Å². The van der Waals surface area contributed by atoms with E-state index in [2.05, 4.69) is 48.0 Å². The molecular weight excluding hydrogens is 601 g/mol. The molecule has 0 saturated carbocycles. The summed E-state index contributed by atoms with van der Waals surface area (Å²) in [6, 6.07) is -1.55. The maximum atomic E-state index is 12.2. The minimum Gasteiger partial charge on any atom is -0.480 e. The summed E-state index contributed by atoms with van der Waals surface area (Å²) in [4.78, 5) is 45.2. The van der Waals surface area contributed by atoms with Crippen molar-refractivity contribution in [3.63, 3.8) is 0 Å². The number of amides is 1. The van der Waals surface area contributed by atoms with E-state index in [0.717, 1.165) is 57.8 Å². The maximum Gasteiger partial charge on any atom is 0.472 e. The second kappa shape index (κ2) is 29.4. The van der Waals surface area contributed by atoms with E-state index in [4.69, 9.17) is 9.26 Å². The van der Waals surface area contributed by atoms with Gasteiger partial charge in [0.15, 0.2) is 6.04 Å². The summed E-state index contributed by atoms with van der Waals surface area (Å²) < 4.78 is 26.4. The first kappa shape index (κ1) is 43.0. The summed E-state index contributed by atoms with van der Waals surface area (Å²) >= 11 is 0. The largest absolute Gasteiger partial charge is 0.480 e. The molecule has 12 heteroatoms. The van der Waals surface area contributed by atoms with Crippen molar-refractivity contribution in [3.8, 4) is 0 Å². The highest BCUT2D eigenvalue weighted by molar-refractivity contribution is 7.47. The molecule has 45 heavy (non-hydrogen) atoms. The van der Waals surface area contributed by atoms with Crippen LogP contribution >= 0.6 is 7.82 Å². The van der Waals surface area contributed by atoms with Gasteiger partial charge in [-0.3, -0.25) is 18.6 Å². The molecule has 3 atom stereocenters. The normalized spacial score (nSPS) is 14.4. The molecule has 0 heterocycles. The molecule has 262 valence electrons. The molecule has 0 aliphatic heterocycles. The topological polar surface area (TPSA) is 169 Å². The van der Waals surface area contributed by atoms with Gasteiger partial charge in [-0.15, -0.1) is 0 Å². The van der Waals surface area contributed by atoms with Crippen molar-refractivity contribution in [2.45, 2.75) is 148 Å². The molecule has 4 N–H and O–H groups in total. The fraction of sp³-hybridized carbons (Fsp3) is 0.788. The number of carboxylic acid groups (broad SMARTS) is 1. The summed E-state index contributed by atoms with van der Waals surface area (Å²) in [7, 11) is -4.73. The van der Waals surface area contributed by atoms with Crippen molar-refractivity contribution in [2.75, 3.05) is 19.8 Å². The lowest BCUT2D eigenvalue weighted by atomic mass is 10.1. The van der Waals surface area contributed by atoms with Crippen LogP contribution in [-0.2, 0) is 32.7 Å². The molecule has 0 aliphatic rings. The van der Waals surface area contributed by atoms with Gasteiger partial charge in [-0.05, 0) is 44.9 Å². The first-order valence-electron chi connectivity index (χ1n) is 16.9. The fourth-order valence-corrected chi connectivity index (χ4v) is 5.06. The van der Waals surface area contributed by atoms with Gasteiger partial charge in [-0.1, -0.05) is 102 Å². The predicted octanol–water partition coefficient (Wildman–Crippen LogP) is 7.16. The number of allylic oxidation sites excluding steroid dienone is 4. The molecule has 0 fully saturated rings. The zero-order chi connectivity index (χ0) is 33.6. The Kier molecular flexibility index (Phi) is 28.0. The van der Waals surface area contributed by atoms with Crippen molar-refractivity contribution >= 4 is 25.7 Å². The number of phosphoric acid groups is 1. The van der Waals surface area contributed by atoms with Gasteiger partial charge in [0.2, 0.25) is 5.91 Å². The molecule has 0 saturated heterocycles. The Morgan fingerprint density at radius 1 is 0.711 bits per heavy atom. The number of rotatable bonds is 31. The number of unbranched alkanes of at least 4 members (excludes halogenated alkanes) is 13. The predicted molar refractivity (Wildman–Crippen MR) is 176 cm³/mol. The van der Waals surface area contributed by atoms with E-state index in [9.17, 15) is 34.1 Å². The van der Waals surface area contributed by atoms with Crippen molar-refractivity contribution in [2.24, 2.45) is 0 Å². The third-order valence-electron chi connectivity index (χ3n) is 6.99. The summed E-state index contributed by atoms with van der Waals surface area (Å²) in [6.45, 7) is 2.37. The van der Waals surface area contributed by atoms with Gasteiger partial charge in [-0.25, -0.2) is 9.36 Å².